The van der Waals surface area contributed by atoms with Gasteiger partial charge in [-0.05, 0) is 11.6 Å². The number of Topliss-reactive ketones (excluding diaryl/α,β-unsaturated/α-hetero) is 1. The van der Waals surface area contributed by atoms with Crippen LogP contribution in [0.2, 0.25) is 5.02 Å². The summed E-state index contributed by atoms with van der Waals surface area (Å²) in [7, 11) is 0. The summed E-state index contributed by atoms with van der Waals surface area (Å²) in [5.74, 6) is 0.0195. The molecule has 0 atom stereocenters. The van der Waals surface area contributed by atoms with Gasteiger partial charge in [0.25, 0.3) is 5.69 Å². The Morgan fingerprint density at radius 3 is 2.85 bits per heavy atom. The number of nitro groups is 1. The first-order chi connectivity index (χ1) is 9.51. The van der Waals surface area contributed by atoms with E-state index in [2.05, 4.69) is 5.10 Å². The molecule has 6 nitrogen and oxygen atoms in total. The molecule has 0 radical (unpaired) electrons. The Morgan fingerprint density at radius 1 is 1.50 bits per heavy atom. The van der Waals surface area contributed by atoms with E-state index < -0.39 is 4.92 Å². The summed E-state index contributed by atoms with van der Waals surface area (Å²) < 4.78 is 1.58. The molecule has 2 rings (SSSR count). The Labute approximate surface area is 120 Å². The van der Waals surface area contributed by atoms with Crippen LogP contribution in [0.4, 0.5) is 5.69 Å². The number of ketones is 1. The van der Waals surface area contributed by atoms with E-state index in [1.54, 1.807) is 23.9 Å². The van der Waals surface area contributed by atoms with Crippen molar-refractivity contribution in [1.82, 2.24) is 9.78 Å². The van der Waals surface area contributed by atoms with E-state index in [9.17, 15) is 14.9 Å². The van der Waals surface area contributed by atoms with Crippen molar-refractivity contribution in [1.29, 1.82) is 0 Å². The standard InChI is InChI=1S/C13H12ClN3O3/c1-2-13(18)10-6-15-16(8-10)7-9-3-4-11(17(19)20)5-12(9)14/h3-6,8H,2,7H2,1H3. The molecule has 1 aromatic carbocycles. The molecule has 104 valence electrons. The molecule has 0 aliphatic carbocycles. The van der Waals surface area contributed by atoms with Crippen LogP contribution in [0.3, 0.4) is 0 Å². The highest BCUT2D eigenvalue weighted by atomic mass is 35.5. The van der Waals surface area contributed by atoms with Crippen molar-refractivity contribution >= 4 is 23.1 Å². The monoisotopic (exact) mass is 293 g/mol. The average molecular weight is 294 g/mol. The topological polar surface area (TPSA) is 78.0 Å². The van der Waals surface area contributed by atoms with Gasteiger partial charge in [0.1, 0.15) is 0 Å². The van der Waals surface area contributed by atoms with E-state index in [0.717, 1.165) is 0 Å². The lowest BCUT2D eigenvalue weighted by Gasteiger charge is -2.04. The van der Waals surface area contributed by atoms with Crippen molar-refractivity contribution in [2.75, 3.05) is 0 Å². The van der Waals surface area contributed by atoms with Crippen LogP contribution >= 0.6 is 11.6 Å². The largest absolute Gasteiger partial charge is 0.294 e. The van der Waals surface area contributed by atoms with Gasteiger partial charge >= 0.3 is 0 Å². The number of hydrogen-bond acceptors (Lipinski definition) is 4. The van der Waals surface area contributed by atoms with Crippen molar-refractivity contribution < 1.29 is 9.72 Å². The van der Waals surface area contributed by atoms with Gasteiger partial charge in [0.2, 0.25) is 0 Å². The molecule has 0 unspecified atom stereocenters. The summed E-state index contributed by atoms with van der Waals surface area (Å²) in [6, 6.07) is 4.28. The quantitative estimate of drug-likeness (QED) is 0.482. The van der Waals surface area contributed by atoms with E-state index >= 15 is 0 Å². The molecule has 0 spiro atoms. The van der Waals surface area contributed by atoms with Crippen molar-refractivity contribution in [3.63, 3.8) is 0 Å². The van der Waals surface area contributed by atoms with Gasteiger partial charge < -0.3 is 0 Å². The Kier molecular flexibility index (Phi) is 4.14. The highest BCUT2D eigenvalue weighted by Crippen LogP contribution is 2.23. The van der Waals surface area contributed by atoms with Crippen LogP contribution in [-0.2, 0) is 6.54 Å². The fourth-order valence-electron chi connectivity index (χ4n) is 1.75. The second-order valence-electron chi connectivity index (χ2n) is 4.24. The van der Waals surface area contributed by atoms with Gasteiger partial charge in [0.05, 0.1) is 28.3 Å². The second-order valence-corrected chi connectivity index (χ2v) is 4.64. The van der Waals surface area contributed by atoms with E-state index in [1.807, 2.05) is 0 Å². The average Bonchev–Trinajstić information content (AvgIpc) is 2.88. The first-order valence-corrected chi connectivity index (χ1v) is 6.37. The molecule has 0 N–H and O–H groups in total. The second kappa shape index (κ2) is 5.83. The van der Waals surface area contributed by atoms with Crippen LogP contribution < -0.4 is 0 Å². The third kappa shape index (κ3) is 3.03. The van der Waals surface area contributed by atoms with Crippen molar-refractivity contribution in [3.05, 3.63) is 56.9 Å². The Bertz CT molecular complexity index is 667. The maximum atomic E-state index is 11.5. The van der Waals surface area contributed by atoms with Gasteiger partial charge in [-0.15, -0.1) is 0 Å². The number of halogens is 1. The summed E-state index contributed by atoms with van der Waals surface area (Å²) in [4.78, 5) is 21.6. The number of hydrogen-bond donors (Lipinski definition) is 0. The van der Waals surface area contributed by atoms with Crippen LogP contribution in [0.5, 0.6) is 0 Å². The Morgan fingerprint density at radius 2 is 2.25 bits per heavy atom. The van der Waals surface area contributed by atoms with Crippen LogP contribution in [0.1, 0.15) is 29.3 Å². The third-order valence-electron chi connectivity index (χ3n) is 2.86. The number of nitrogens with zero attached hydrogens (tertiary/aromatic N) is 3. The third-order valence-corrected chi connectivity index (χ3v) is 3.21. The van der Waals surface area contributed by atoms with Crippen molar-refractivity contribution in [2.24, 2.45) is 0 Å². The number of benzene rings is 1. The van der Waals surface area contributed by atoms with Gasteiger partial charge in [-0.2, -0.15) is 5.10 Å². The molecule has 20 heavy (non-hydrogen) atoms. The van der Waals surface area contributed by atoms with Gasteiger partial charge in [-0.3, -0.25) is 19.6 Å². The zero-order valence-corrected chi connectivity index (χ0v) is 11.5. The smallest absolute Gasteiger partial charge is 0.270 e. The fraction of sp³-hybridized carbons (Fsp3) is 0.231. The zero-order chi connectivity index (χ0) is 14.7. The highest BCUT2D eigenvalue weighted by molar-refractivity contribution is 6.31. The molecule has 0 fully saturated rings. The first-order valence-electron chi connectivity index (χ1n) is 5.99. The first kappa shape index (κ1) is 14.2. The van der Waals surface area contributed by atoms with Crippen molar-refractivity contribution in [2.45, 2.75) is 19.9 Å². The minimum absolute atomic E-state index is 0.0195. The van der Waals surface area contributed by atoms with Gasteiger partial charge in [0, 0.05) is 24.8 Å². The lowest BCUT2D eigenvalue weighted by atomic mass is 10.2. The minimum Gasteiger partial charge on any atom is -0.294 e. The van der Waals surface area contributed by atoms with Crippen LogP contribution in [0, 0.1) is 10.1 Å². The van der Waals surface area contributed by atoms with Gasteiger partial charge in [-0.25, -0.2) is 0 Å². The van der Waals surface area contributed by atoms with Crippen LogP contribution in [0.25, 0.3) is 0 Å². The number of carbonyl (C=O) groups is 1. The number of aromatic nitrogens is 2. The molecule has 2 aromatic rings. The van der Waals surface area contributed by atoms with Crippen LogP contribution in [0.15, 0.2) is 30.6 Å². The molecule has 0 saturated carbocycles. The van der Waals surface area contributed by atoms with Gasteiger partial charge in [0.15, 0.2) is 5.78 Å². The lowest BCUT2D eigenvalue weighted by molar-refractivity contribution is -0.384. The predicted molar refractivity (Wildman–Crippen MR) is 74.1 cm³/mol. The molecular formula is C13H12ClN3O3. The molecule has 1 aromatic heterocycles. The minimum atomic E-state index is -0.498. The van der Waals surface area contributed by atoms with Crippen molar-refractivity contribution in [3.8, 4) is 0 Å². The molecule has 0 aliphatic rings. The maximum absolute atomic E-state index is 11.5. The Balaban J connectivity index is 2.20. The molecule has 0 amide bonds. The molecule has 7 heteroatoms. The molecule has 0 aliphatic heterocycles. The predicted octanol–water partition coefficient (Wildman–Crippen LogP) is 3.09. The number of nitro benzene ring substituents is 1. The van der Waals surface area contributed by atoms with E-state index in [1.165, 1.54) is 18.3 Å². The maximum Gasteiger partial charge on any atom is 0.270 e. The summed E-state index contributed by atoms with van der Waals surface area (Å²) in [6.45, 7) is 2.14. The summed E-state index contributed by atoms with van der Waals surface area (Å²) >= 11 is 6.01. The summed E-state index contributed by atoms with van der Waals surface area (Å²) in [6.07, 6.45) is 3.57. The van der Waals surface area contributed by atoms with E-state index in [-0.39, 0.29) is 11.5 Å². The molecule has 0 saturated heterocycles. The van der Waals surface area contributed by atoms with E-state index in [0.29, 0.717) is 29.1 Å². The SMILES string of the molecule is CCC(=O)c1cnn(Cc2ccc([N+](=O)[O-])cc2Cl)c1. The zero-order valence-electron chi connectivity index (χ0n) is 10.7. The van der Waals surface area contributed by atoms with Gasteiger partial charge in [-0.1, -0.05) is 18.5 Å². The molecular weight excluding hydrogens is 282 g/mol. The number of rotatable bonds is 5. The number of carbonyl (C=O) groups excluding carboxylic acids is 1. The summed E-state index contributed by atoms with van der Waals surface area (Å²) in [5.41, 5.74) is 1.20. The molecule has 1 heterocycles. The Hall–Kier alpha value is -2.21. The fourth-order valence-corrected chi connectivity index (χ4v) is 1.99. The normalized spacial score (nSPS) is 10.5. The lowest BCUT2D eigenvalue weighted by Crippen LogP contribution is -2.01. The van der Waals surface area contributed by atoms with Crippen LogP contribution in [-0.4, -0.2) is 20.5 Å². The van der Waals surface area contributed by atoms with E-state index in [4.69, 9.17) is 11.6 Å². The summed E-state index contributed by atoms with van der Waals surface area (Å²) in [5, 5.41) is 15.0. The number of non-ortho nitro benzene ring substituents is 1. The highest BCUT2D eigenvalue weighted by Gasteiger charge is 2.11. The molecule has 0 bridgehead atoms.